The van der Waals surface area contributed by atoms with Crippen molar-refractivity contribution in [1.29, 1.82) is 0 Å². The first kappa shape index (κ1) is 19.7. The van der Waals surface area contributed by atoms with E-state index in [0.29, 0.717) is 23.6 Å². The van der Waals surface area contributed by atoms with Crippen molar-refractivity contribution < 1.29 is 19.2 Å². The normalized spacial score (nSPS) is 18.5. The molecule has 2 aromatic carbocycles. The molecular formula is C23H25N3O5. The molecule has 0 spiro atoms. The van der Waals surface area contributed by atoms with E-state index in [1.165, 1.54) is 12.5 Å². The zero-order valence-corrected chi connectivity index (χ0v) is 17.2. The Morgan fingerprint density at radius 2 is 1.87 bits per heavy atom. The maximum atomic E-state index is 13.6. The Kier molecular flexibility index (Phi) is 5.13. The van der Waals surface area contributed by atoms with Crippen molar-refractivity contribution >= 4 is 17.3 Å². The Bertz CT molecular complexity index is 1020. The summed E-state index contributed by atoms with van der Waals surface area (Å²) in [5.41, 5.74) is 2.29. The molecule has 1 saturated carbocycles. The van der Waals surface area contributed by atoms with Crippen LogP contribution >= 0.6 is 0 Å². The largest absolute Gasteiger partial charge is 0.454 e. The molecule has 2 aliphatic heterocycles. The zero-order chi connectivity index (χ0) is 21.4. The highest BCUT2D eigenvalue weighted by molar-refractivity contribution is 5.89. The van der Waals surface area contributed by atoms with Crippen LogP contribution in [0.1, 0.15) is 49.3 Å². The number of rotatable bonds is 5. The monoisotopic (exact) mass is 423 g/mol. The van der Waals surface area contributed by atoms with Crippen molar-refractivity contribution in [3.8, 4) is 11.5 Å². The number of nitro benzene ring substituents is 1. The molecule has 1 unspecified atom stereocenters. The third-order valence-electron chi connectivity index (χ3n) is 6.45. The van der Waals surface area contributed by atoms with Crippen LogP contribution < -0.4 is 19.7 Å². The van der Waals surface area contributed by atoms with Crippen molar-refractivity contribution in [3.05, 3.63) is 57.6 Å². The average molecular weight is 423 g/mol. The van der Waals surface area contributed by atoms with Gasteiger partial charge in [-0.1, -0.05) is 37.5 Å². The SMILES string of the molecule is O=C(NC1CCCCC1)C(c1cc2c(cc1[N+](=O)[O-])OCO2)N1CCc2ccccc21. The summed E-state index contributed by atoms with van der Waals surface area (Å²) in [7, 11) is 0. The van der Waals surface area contributed by atoms with E-state index in [2.05, 4.69) is 5.32 Å². The van der Waals surface area contributed by atoms with E-state index < -0.39 is 11.0 Å². The van der Waals surface area contributed by atoms with Gasteiger partial charge >= 0.3 is 0 Å². The van der Waals surface area contributed by atoms with E-state index >= 15 is 0 Å². The van der Waals surface area contributed by atoms with Crippen LogP contribution in [0.15, 0.2) is 36.4 Å². The van der Waals surface area contributed by atoms with Crippen LogP contribution in [-0.2, 0) is 11.2 Å². The third kappa shape index (κ3) is 3.66. The molecule has 162 valence electrons. The zero-order valence-electron chi connectivity index (χ0n) is 17.2. The first-order valence-corrected chi connectivity index (χ1v) is 10.8. The fourth-order valence-electron chi connectivity index (χ4n) is 4.93. The van der Waals surface area contributed by atoms with Gasteiger partial charge in [0, 0.05) is 18.3 Å². The van der Waals surface area contributed by atoms with Crippen molar-refractivity contribution in [3.63, 3.8) is 0 Å². The summed E-state index contributed by atoms with van der Waals surface area (Å²) in [5, 5.41) is 15.1. The van der Waals surface area contributed by atoms with Gasteiger partial charge in [-0.3, -0.25) is 14.9 Å². The first-order valence-electron chi connectivity index (χ1n) is 10.8. The number of nitrogens with zero attached hydrogens (tertiary/aromatic N) is 2. The number of amides is 1. The van der Waals surface area contributed by atoms with Gasteiger partial charge in [0.1, 0.15) is 6.04 Å². The molecule has 1 N–H and O–H groups in total. The minimum absolute atomic E-state index is 0.0153. The van der Waals surface area contributed by atoms with E-state index in [1.54, 1.807) is 6.07 Å². The van der Waals surface area contributed by atoms with Crippen LogP contribution in [0.4, 0.5) is 11.4 Å². The maximum absolute atomic E-state index is 13.6. The van der Waals surface area contributed by atoms with Crippen LogP contribution in [-0.4, -0.2) is 30.2 Å². The number of nitrogens with one attached hydrogen (secondary N) is 1. The molecule has 2 aromatic rings. The second-order valence-electron chi connectivity index (χ2n) is 8.34. The molecule has 2 heterocycles. The number of hydrogen-bond donors (Lipinski definition) is 1. The molecule has 8 nitrogen and oxygen atoms in total. The van der Waals surface area contributed by atoms with Crippen molar-refractivity contribution in [2.45, 2.75) is 50.6 Å². The topological polar surface area (TPSA) is 93.9 Å². The van der Waals surface area contributed by atoms with Crippen LogP contribution in [0.2, 0.25) is 0 Å². The Morgan fingerprint density at radius 1 is 1.13 bits per heavy atom. The Hall–Kier alpha value is -3.29. The smallest absolute Gasteiger partial charge is 0.279 e. The van der Waals surface area contributed by atoms with Crippen LogP contribution in [0.5, 0.6) is 11.5 Å². The second kappa shape index (κ2) is 8.09. The van der Waals surface area contributed by atoms with E-state index in [9.17, 15) is 14.9 Å². The van der Waals surface area contributed by atoms with E-state index in [4.69, 9.17) is 9.47 Å². The van der Waals surface area contributed by atoms with Gasteiger partial charge < -0.3 is 19.7 Å². The number of carbonyl (C=O) groups excluding carboxylic acids is 1. The first-order chi connectivity index (χ1) is 15.1. The lowest BCUT2D eigenvalue weighted by atomic mass is 9.94. The standard InChI is InChI=1S/C23H25N3O5/c27-23(24-16-7-2-1-3-8-16)22(25-11-10-15-6-4-5-9-18(15)25)17-12-20-21(31-14-30-20)13-19(17)26(28)29/h4-6,9,12-13,16,22H,1-3,7-8,10-11,14H2,(H,24,27). The number of para-hydroxylation sites is 1. The number of anilines is 1. The average Bonchev–Trinajstić information content (AvgIpc) is 3.41. The summed E-state index contributed by atoms with van der Waals surface area (Å²) < 4.78 is 10.8. The molecule has 1 amide bonds. The fourth-order valence-corrected chi connectivity index (χ4v) is 4.93. The van der Waals surface area contributed by atoms with Gasteiger partial charge in [-0.05, 0) is 37.0 Å². The minimum atomic E-state index is -0.819. The van der Waals surface area contributed by atoms with E-state index in [1.807, 2.05) is 29.2 Å². The van der Waals surface area contributed by atoms with E-state index in [-0.39, 0.29) is 24.4 Å². The fraction of sp³-hybridized carbons (Fsp3) is 0.435. The van der Waals surface area contributed by atoms with E-state index in [0.717, 1.165) is 43.4 Å². The molecule has 1 aliphatic carbocycles. The molecule has 3 aliphatic rings. The molecule has 0 saturated heterocycles. The molecule has 0 bridgehead atoms. The lowest BCUT2D eigenvalue weighted by molar-refractivity contribution is -0.385. The molecule has 31 heavy (non-hydrogen) atoms. The van der Waals surface area contributed by atoms with Gasteiger partial charge in [-0.15, -0.1) is 0 Å². The molecule has 0 aromatic heterocycles. The minimum Gasteiger partial charge on any atom is -0.454 e. The van der Waals surface area contributed by atoms with Gasteiger partial charge in [0.25, 0.3) is 5.69 Å². The molecule has 1 fully saturated rings. The molecule has 5 rings (SSSR count). The molecular weight excluding hydrogens is 398 g/mol. The lowest BCUT2D eigenvalue weighted by Gasteiger charge is -2.32. The second-order valence-corrected chi connectivity index (χ2v) is 8.34. The predicted octanol–water partition coefficient (Wildman–Crippen LogP) is 3.88. The highest BCUT2D eigenvalue weighted by Crippen LogP contribution is 2.44. The van der Waals surface area contributed by atoms with Crippen molar-refractivity contribution in [2.24, 2.45) is 0 Å². The van der Waals surface area contributed by atoms with Crippen molar-refractivity contribution in [1.82, 2.24) is 5.32 Å². The Labute approximate surface area is 180 Å². The summed E-state index contributed by atoms with van der Waals surface area (Å²) in [6.45, 7) is 0.634. The number of nitro groups is 1. The number of ether oxygens (including phenoxy) is 2. The molecule has 8 heteroatoms. The molecule has 1 atom stereocenters. The Morgan fingerprint density at radius 3 is 2.65 bits per heavy atom. The summed E-state index contributed by atoms with van der Waals surface area (Å²) in [6.07, 6.45) is 6.04. The van der Waals surface area contributed by atoms with Crippen LogP contribution in [0, 0.1) is 10.1 Å². The quantitative estimate of drug-likeness (QED) is 0.579. The summed E-state index contributed by atoms with van der Waals surface area (Å²) in [5.74, 6) is 0.567. The number of carbonyl (C=O) groups is 1. The number of benzene rings is 2. The number of hydrogen-bond acceptors (Lipinski definition) is 6. The number of fused-ring (bicyclic) bond motifs is 2. The van der Waals surface area contributed by atoms with Gasteiger partial charge in [0.2, 0.25) is 12.7 Å². The van der Waals surface area contributed by atoms with Crippen molar-refractivity contribution in [2.75, 3.05) is 18.2 Å². The summed E-state index contributed by atoms with van der Waals surface area (Å²) >= 11 is 0. The molecule has 0 radical (unpaired) electrons. The van der Waals surface area contributed by atoms with Gasteiger partial charge in [0.15, 0.2) is 11.5 Å². The predicted molar refractivity (Wildman–Crippen MR) is 114 cm³/mol. The third-order valence-corrected chi connectivity index (χ3v) is 6.45. The van der Waals surface area contributed by atoms with Gasteiger partial charge in [0.05, 0.1) is 16.6 Å². The van der Waals surface area contributed by atoms with Gasteiger partial charge in [-0.25, -0.2) is 0 Å². The van der Waals surface area contributed by atoms with Crippen LogP contribution in [0.25, 0.3) is 0 Å². The lowest BCUT2D eigenvalue weighted by Crippen LogP contribution is -2.45. The summed E-state index contributed by atoms with van der Waals surface area (Å²) in [6, 6.07) is 10.2. The highest BCUT2D eigenvalue weighted by Gasteiger charge is 2.39. The highest BCUT2D eigenvalue weighted by atomic mass is 16.7. The maximum Gasteiger partial charge on any atom is 0.279 e. The van der Waals surface area contributed by atoms with Gasteiger partial charge in [-0.2, -0.15) is 0 Å². The summed E-state index contributed by atoms with van der Waals surface area (Å²) in [4.78, 5) is 27.1. The van der Waals surface area contributed by atoms with Crippen LogP contribution in [0.3, 0.4) is 0 Å². The Balaban J connectivity index is 1.58.